The standard InChI is InChI=1S/C19H20N2O2S2/c1-3-19(2)9-13-14(10-23-19)25-17-15(16(13)22)20-18(21-17)24-11-12-7-5-4-6-8-12/h4-8H,3,9-11H2,1-2H3,(H,20,21). The molecular formula is C19H20N2O2S2. The van der Waals surface area contributed by atoms with Gasteiger partial charge in [-0.25, -0.2) is 4.98 Å². The Balaban J connectivity index is 1.65. The molecule has 1 N–H and O–H groups in total. The highest BCUT2D eigenvalue weighted by Crippen LogP contribution is 2.33. The molecule has 4 nitrogen and oxygen atoms in total. The lowest BCUT2D eigenvalue weighted by Crippen LogP contribution is -2.37. The van der Waals surface area contributed by atoms with E-state index in [0.29, 0.717) is 18.5 Å². The monoisotopic (exact) mass is 372 g/mol. The number of ether oxygens (including phenoxy) is 1. The van der Waals surface area contributed by atoms with Crippen LogP contribution in [0.5, 0.6) is 0 Å². The van der Waals surface area contributed by atoms with Gasteiger partial charge in [-0.05, 0) is 18.9 Å². The van der Waals surface area contributed by atoms with Crippen LogP contribution in [0.3, 0.4) is 0 Å². The maximum absolute atomic E-state index is 12.9. The van der Waals surface area contributed by atoms with E-state index in [-0.39, 0.29) is 11.0 Å². The van der Waals surface area contributed by atoms with Gasteiger partial charge in [-0.1, -0.05) is 49.0 Å². The molecule has 0 saturated heterocycles. The summed E-state index contributed by atoms with van der Waals surface area (Å²) in [5, 5.41) is 0.800. The van der Waals surface area contributed by atoms with Crippen molar-refractivity contribution in [2.24, 2.45) is 0 Å². The molecule has 1 atom stereocenters. The molecule has 0 radical (unpaired) electrons. The second-order valence-electron chi connectivity index (χ2n) is 6.60. The van der Waals surface area contributed by atoms with E-state index in [1.807, 2.05) is 18.2 Å². The summed E-state index contributed by atoms with van der Waals surface area (Å²) in [5.41, 5.74) is 2.63. The highest BCUT2D eigenvalue weighted by atomic mass is 32.2. The van der Waals surface area contributed by atoms with Crippen molar-refractivity contribution in [3.05, 3.63) is 56.6 Å². The van der Waals surface area contributed by atoms with Gasteiger partial charge in [-0.2, -0.15) is 0 Å². The molecule has 0 fully saturated rings. The van der Waals surface area contributed by atoms with Crippen LogP contribution in [0.2, 0.25) is 0 Å². The summed E-state index contributed by atoms with van der Waals surface area (Å²) in [6.45, 7) is 4.69. The van der Waals surface area contributed by atoms with Gasteiger partial charge in [0.25, 0.3) is 0 Å². The van der Waals surface area contributed by atoms with Crippen LogP contribution in [0.15, 0.2) is 40.3 Å². The van der Waals surface area contributed by atoms with Gasteiger partial charge < -0.3 is 9.72 Å². The van der Waals surface area contributed by atoms with Gasteiger partial charge in [-0.15, -0.1) is 11.3 Å². The molecule has 0 aliphatic carbocycles. The number of imidazole rings is 1. The summed E-state index contributed by atoms with van der Waals surface area (Å²) in [4.78, 5) is 22.6. The fraction of sp³-hybridized carbons (Fsp3) is 0.368. The van der Waals surface area contributed by atoms with Gasteiger partial charge in [-0.3, -0.25) is 4.79 Å². The van der Waals surface area contributed by atoms with Crippen molar-refractivity contribution in [2.45, 2.75) is 49.8 Å². The van der Waals surface area contributed by atoms with Crippen molar-refractivity contribution in [1.82, 2.24) is 9.97 Å². The zero-order valence-corrected chi connectivity index (χ0v) is 15.9. The van der Waals surface area contributed by atoms with Crippen molar-refractivity contribution in [3.8, 4) is 0 Å². The first-order valence-corrected chi connectivity index (χ1v) is 10.2. The number of rotatable bonds is 4. The summed E-state index contributed by atoms with van der Waals surface area (Å²) in [6.07, 6.45) is 1.57. The van der Waals surface area contributed by atoms with Gasteiger partial charge >= 0.3 is 0 Å². The van der Waals surface area contributed by atoms with E-state index in [2.05, 4.69) is 35.9 Å². The Morgan fingerprint density at radius 1 is 1.36 bits per heavy atom. The molecule has 1 aromatic carbocycles. The Morgan fingerprint density at radius 2 is 2.16 bits per heavy atom. The van der Waals surface area contributed by atoms with E-state index >= 15 is 0 Å². The molecule has 130 valence electrons. The van der Waals surface area contributed by atoms with E-state index in [9.17, 15) is 4.79 Å². The molecule has 1 unspecified atom stereocenters. The summed E-state index contributed by atoms with van der Waals surface area (Å²) >= 11 is 3.20. The lowest BCUT2D eigenvalue weighted by atomic mass is 9.91. The van der Waals surface area contributed by atoms with Gasteiger partial charge in [0.05, 0.1) is 12.2 Å². The average molecular weight is 373 g/mol. The van der Waals surface area contributed by atoms with E-state index in [0.717, 1.165) is 32.6 Å². The SMILES string of the molecule is CCC1(C)Cc2c(sc3nc(SCc4ccccc4)[nH]c3c2=O)CO1. The zero-order chi connectivity index (χ0) is 17.4. The van der Waals surface area contributed by atoms with Crippen molar-refractivity contribution in [2.75, 3.05) is 0 Å². The number of hydrogen-bond donors (Lipinski definition) is 1. The maximum atomic E-state index is 12.9. The maximum Gasteiger partial charge on any atom is 0.209 e. The fourth-order valence-electron chi connectivity index (χ4n) is 3.00. The highest BCUT2D eigenvalue weighted by molar-refractivity contribution is 7.98. The molecule has 0 bridgehead atoms. The van der Waals surface area contributed by atoms with Crippen LogP contribution < -0.4 is 5.43 Å². The predicted molar refractivity (Wildman–Crippen MR) is 103 cm³/mol. The van der Waals surface area contributed by atoms with E-state index < -0.39 is 0 Å². The first kappa shape index (κ1) is 16.8. The highest BCUT2D eigenvalue weighted by Gasteiger charge is 2.32. The molecule has 6 heteroatoms. The van der Waals surface area contributed by atoms with E-state index in [4.69, 9.17) is 4.74 Å². The number of nitrogens with one attached hydrogen (secondary N) is 1. The summed E-state index contributed by atoms with van der Waals surface area (Å²) in [5.74, 6) is 0.830. The Labute approximate surface area is 154 Å². The molecule has 1 aliphatic rings. The smallest absolute Gasteiger partial charge is 0.209 e. The summed E-state index contributed by atoms with van der Waals surface area (Å²) < 4.78 is 5.99. The van der Waals surface area contributed by atoms with E-state index in [1.54, 1.807) is 23.1 Å². The van der Waals surface area contributed by atoms with Crippen molar-refractivity contribution in [3.63, 3.8) is 0 Å². The van der Waals surface area contributed by atoms with Gasteiger partial charge in [0, 0.05) is 22.6 Å². The lowest BCUT2D eigenvalue weighted by molar-refractivity contribution is -0.0550. The molecule has 1 aliphatic heterocycles. The van der Waals surface area contributed by atoms with Gasteiger partial charge in [0.2, 0.25) is 5.43 Å². The molecule has 4 rings (SSSR count). The fourth-order valence-corrected chi connectivity index (χ4v) is 4.91. The predicted octanol–water partition coefficient (Wildman–Crippen LogP) is 4.52. The lowest BCUT2D eigenvalue weighted by Gasteiger charge is -2.33. The van der Waals surface area contributed by atoms with Crippen molar-refractivity contribution >= 4 is 33.4 Å². The number of thioether (sulfide) groups is 1. The summed E-state index contributed by atoms with van der Waals surface area (Å²) in [7, 11) is 0. The quantitative estimate of drug-likeness (QED) is 0.684. The zero-order valence-electron chi connectivity index (χ0n) is 14.3. The topological polar surface area (TPSA) is 55.0 Å². The number of fused-ring (bicyclic) bond motifs is 2. The van der Waals surface area contributed by atoms with Crippen LogP contribution in [0, 0.1) is 0 Å². The van der Waals surface area contributed by atoms with Crippen molar-refractivity contribution < 1.29 is 4.74 Å². The number of benzene rings is 1. The number of aromatic nitrogens is 2. The number of nitrogens with zero attached hydrogens (tertiary/aromatic N) is 1. The van der Waals surface area contributed by atoms with Gasteiger partial charge in [0.15, 0.2) is 5.16 Å². The molecule has 3 heterocycles. The molecular weight excluding hydrogens is 352 g/mol. The number of hydrogen-bond acceptors (Lipinski definition) is 5. The Kier molecular flexibility index (Phi) is 4.43. The third-order valence-corrected chi connectivity index (χ3v) is 6.82. The Bertz CT molecular complexity index is 965. The first-order valence-electron chi connectivity index (χ1n) is 8.43. The normalized spacial score (nSPS) is 19.9. The molecule has 3 aromatic rings. The number of aromatic amines is 1. The first-order chi connectivity index (χ1) is 12.1. The van der Waals surface area contributed by atoms with Gasteiger partial charge in [0.1, 0.15) is 10.3 Å². The van der Waals surface area contributed by atoms with Crippen LogP contribution in [-0.2, 0) is 23.5 Å². The average Bonchev–Trinajstić information content (AvgIpc) is 3.05. The second kappa shape index (κ2) is 6.59. The van der Waals surface area contributed by atoms with Crippen LogP contribution in [-0.4, -0.2) is 15.6 Å². The van der Waals surface area contributed by atoms with Crippen molar-refractivity contribution in [1.29, 1.82) is 0 Å². The van der Waals surface area contributed by atoms with Crippen LogP contribution in [0.25, 0.3) is 10.3 Å². The molecule has 25 heavy (non-hydrogen) atoms. The third-order valence-electron chi connectivity index (χ3n) is 4.78. The minimum atomic E-state index is -0.239. The Hall–Kier alpha value is -1.63. The summed E-state index contributed by atoms with van der Waals surface area (Å²) in [6, 6.07) is 10.3. The van der Waals surface area contributed by atoms with E-state index in [1.165, 1.54) is 5.56 Å². The minimum Gasteiger partial charge on any atom is -0.369 e. The van der Waals surface area contributed by atoms with Crippen LogP contribution in [0.1, 0.15) is 36.3 Å². The molecule has 0 amide bonds. The van der Waals surface area contributed by atoms with Crippen LogP contribution >= 0.6 is 23.1 Å². The molecule has 0 spiro atoms. The molecule has 0 saturated carbocycles. The van der Waals surface area contributed by atoms with Crippen LogP contribution in [0.4, 0.5) is 0 Å². The Morgan fingerprint density at radius 3 is 2.92 bits per heavy atom. The molecule has 2 aromatic heterocycles. The third kappa shape index (κ3) is 3.26. The second-order valence-corrected chi connectivity index (χ2v) is 8.65. The minimum absolute atomic E-state index is 0.0887. The largest absolute Gasteiger partial charge is 0.369 e. The number of H-pyrrole nitrogens is 1.